The zero-order chi connectivity index (χ0) is 13.4. The minimum Gasteiger partial charge on any atom is -0.294 e. The number of fused-ring (bicyclic) bond motifs is 1. The first-order chi connectivity index (χ1) is 9.15. The van der Waals surface area contributed by atoms with Gasteiger partial charge >= 0.3 is 0 Å². The van der Waals surface area contributed by atoms with Crippen LogP contribution in [0.2, 0.25) is 0 Å². The third-order valence-electron chi connectivity index (χ3n) is 4.10. The number of carbonyl (C=O) groups is 1. The molecule has 0 heterocycles. The van der Waals surface area contributed by atoms with E-state index in [0.29, 0.717) is 5.78 Å². The van der Waals surface area contributed by atoms with Gasteiger partial charge in [0.2, 0.25) is 0 Å². The fraction of sp³-hybridized carbons (Fsp3) is 0.278. The van der Waals surface area contributed by atoms with Crippen LogP contribution in [0.5, 0.6) is 0 Å². The summed E-state index contributed by atoms with van der Waals surface area (Å²) in [6.45, 7) is 4.16. The number of ketones is 1. The van der Waals surface area contributed by atoms with Crippen molar-refractivity contribution in [1.29, 1.82) is 0 Å². The van der Waals surface area contributed by atoms with E-state index in [1.807, 2.05) is 19.1 Å². The molecule has 0 spiro atoms. The highest BCUT2D eigenvalue weighted by Gasteiger charge is 2.30. The van der Waals surface area contributed by atoms with Gasteiger partial charge in [0, 0.05) is 11.5 Å². The van der Waals surface area contributed by atoms with Crippen LogP contribution in [0.25, 0.3) is 0 Å². The number of aryl methyl sites for hydroxylation is 2. The predicted molar refractivity (Wildman–Crippen MR) is 77.6 cm³/mol. The monoisotopic (exact) mass is 250 g/mol. The van der Waals surface area contributed by atoms with E-state index < -0.39 is 0 Å². The molecule has 2 aromatic carbocycles. The average Bonchev–Trinajstić information content (AvgIpc) is 2.70. The first-order valence-electron chi connectivity index (χ1n) is 6.83. The van der Waals surface area contributed by atoms with Gasteiger partial charge in [-0.3, -0.25) is 4.79 Å². The van der Waals surface area contributed by atoms with Crippen LogP contribution in [0.15, 0.2) is 42.5 Å². The van der Waals surface area contributed by atoms with Crippen molar-refractivity contribution in [2.24, 2.45) is 5.92 Å². The molecule has 1 atom stereocenters. The first-order valence-corrected chi connectivity index (χ1v) is 6.83. The van der Waals surface area contributed by atoms with Crippen molar-refractivity contribution in [1.82, 2.24) is 0 Å². The van der Waals surface area contributed by atoms with E-state index in [1.165, 1.54) is 22.3 Å². The second-order valence-corrected chi connectivity index (χ2v) is 5.56. The minimum absolute atomic E-state index is 0.123. The molecule has 1 unspecified atom stereocenters. The van der Waals surface area contributed by atoms with Crippen molar-refractivity contribution in [3.8, 4) is 0 Å². The average molecular weight is 250 g/mol. The molecule has 0 fully saturated rings. The summed E-state index contributed by atoms with van der Waals surface area (Å²) in [6.07, 6.45) is 1.75. The molecule has 0 radical (unpaired) electrons. The number of hydrogen-bond acceptors (Lipinski definition) is 1. The topological polar surface area (TPSA) is 17.1 Å². The number of carbonyl (C=O) groups excluding carboxylic acids is 1. The molecule has 2 aromatic rings. The largest absolute Gasteiger partial charge is 0.294 e. The van der Waals surface area contributed by atoms with Crippen LogP contribution in [0.3, 0.4) is 0 Å². The quantitative estimate of drug-likeness (QED) is 0.790. The molecule has 0 saturated carbocycles. The van der Waals surface area contributed by atoms with Gasteiger partial charge in [-0.05, 0) is 49.4 Å². The summed E-state index contributed by atoms with van der Waals surface area (Å²) in [5.41, 5.74) is 5.91. The van der Waals surface area contributed by atoms with Crippen LogP contribution < -0.4 is 0 Å². The molecule has 0 N–H and O–H groups in total. The fourth-order valence-electron chi connectivity index (χ4n) is 2.95. The van der Waals surface area contributed by atoms with Gasteiger partial charge in [0.25, 0.3) is 0 Å². The molecule has 0 bridgehead atoms. The minimum atomic E-state index is 0.123. The van der Waals surface area contributed by atoms with Gasteiger partial charge in [0.1, 0.15) is 0 Å². The van der Waals surface area contributed by atoms with Gasteiger partial charge in [-0.2, -0.15) is 0 Å². The zero-order valence-electron chi connectivity index (χ0n) is 11.4. The van der Waals surface area contributed by atoms with E-state index >= 15 is 0 Å². The number of hydrogen-bond donors (Lipinski definition) is 0. The summed E-state index contributed by atoms with van der Waals surface area (Å²) in [4.78, 5) is 12.5. The Morgan fingerprint density at radius 1 is 1.11 bits per heavy atom. The van der Waals surface area contributed by atoms with Gasteiger partial charge in [-0.1, -0.05) is 42.0 Å². The summed E-state index contributed by atoms with van der Waals surface area (Å²) in [6, 6.07) is 14.6. The maximum absolute atomic E-state index is 12.5. The molecule has 1 heteroatoms. The second kappa shape index (κ2) is 4.65. The van der Waals surface area contributed by atoms with E-state index in [4.69, 9.17) is 0 Å². The Morgan fingerprint density at radius 2 is 1.89 bits per heavy atom. The summed E-state index contributed by atoms with van der Waals surface area (Å²) < 4.78 is 0. The standard InChI is InChI=1S/C18H18O/c1-12-7-8-15-11-16(18(19)17(15)9-12)10-14-6-4-3-5-13(14)2/h3-9,16H,10-11H2,1-2H3. The highest BCUT2D eigenvalue weighted by Crippen LogP contribution is 2.30. The van der Waals surface area contributed by atoms with Gasteiger partial charge < -0.3 is 0 Å². The molecular formula is C18H18O. The third kappa shape index (κ3) is 2.21. The van der Waals surface area contributed by atoms with Crippen LogP contribution in [0.4, 0.5) is 0 Å². The highest BCUT2D eigenvalue weighted by atomic mass is 16.1. The summed E-state index contributed by atoms with van der Waals surface area (Å²) in [5.74, 6) is 0.444. The molecule has 0 aromatic heterocycles. The Hall–Kier alpha value is -1.89. The zero-order valence-corrected chi connectivity index (χ0v) is 11.4. The predicted octanol–water partition coefficient (Wildman–Crippen LogP) is 3.90. The molecular weight excluding hydrogens is 232 g/mol. The maximum Gasteiger partial charge on any atom is 0.166 e. The Bertz CT molecular complexity index is 640. The molecule has 0 saturated heterocycles. The summed E-state index contributed by atoms with van der Waals surface area (Å²) in [7, 11) is 0. The van der Waals surface area contributed by atoms with Crippen molar-refractivity contribution >= 4 is 5.78 Å². The number of Topliss-reactive ketones (excluding diaryl/α,β-unsaturated/α-hetero) is 1. The molecule has 19 heavy (non-hydrogen) atoms. The lowest BCUT2D eigenvalue weighted by Crippen LogP contribution is -2.12. The van der Waals surface area contributed by atoms with Crippen molar-refractivity contribution in [3.05, 3.63) is 70.3 Å². The first kappa shape index (κ1) is 12.2. The van der Waals surface area contributed by atoms with Crippen LogP contribution in [-0.4, -0.2) is 5.78 Å². The lowest BCUT2D eigenvalue weighted by molar-refractivity contribution is 0.0936. The molecule has 1 aliphatic rings. The molecule has 0 aliphatic heterocycles. The van der Waals surface area contributed by atoms with E-state index in [2.05, 4.69) is 37.3 Å². The second-order valence-electron chi connectivity index (χ2n) is 5.56. The normalized spacial score (nSPS) is 17.6. The van der Waals surface area contributed by atoms with Crippen molar-refractivity contribution in [2.45, 2.75) is 26.7 Å². The Balaban J connectivity index is 1.87. The van der Waals surface area contributed by atoms with Gasteiger partial charge in [-0.15, -0.1) is 0 Å². The number of benzene rings is 2. The van der Waals surface area contributed by atoms with Gasteiger partial charge in [-0.25, -0.2) is 0 Å². The van der Waals surface area contributed by atoms with Crippen molar-refractivity contribution in [3.63, 3.8) is 0 Å². The third-order valence-corrected chi connectivity index (χ3v) is 4.10. The maximum atomic E-state index is 12.5. The van der Waals surface area contributed by atoms with Crippen LogP contribution in [-0.2, 0) is 12.8 Å². The SMILES string of the molecule is Cc1ccc2c(c1)C(=O)C(Cc1ccccc1C)C2. The van der Waals surface area contributed by atoms with Crippen molar-refractivity contribution < 1.29 is 4.79 Å². The Morgan fingerprint density at radius 3 is 2.68 bits per heavy atom. The van der Waals surface area contributed by atoms with E-state index in [-0.39, 0.29) is 5.92 Å². The van der Waals surface area contributed by atoms with Crippen LogP contribution >= 0.6 is 0 Å². The Kier molecular flexibility index (Phi) is 2.98. The van der Waals surface area contributed by atoms with E-state index in [0.717, 1.165) is 18.4 Å². The van der Waals surface area contributed by atoms with Crippen molar-refractivity contribution in [2.75, 3.05) is 0 Å². The van der Waals surface area contributed by atoms with Crippen LogP contribution in [0, 0.1) is 19.8 Å². The molecule has 1 aliphatic carbocycles. The molecule has 1 nitrogen and oxygen atoms in total. The summed E-state index contributed by atoms with van der Waals surface area (Å²) in [5, 5.41) is 0. The Labute approximate surface area is 114 Å². The van der Waals surface area contributed by atoms with Crippen LogP contribution in [0.1, 0.15) is 32.6 Å². The molecule has 0 amide bonds. The molecule has 96 valence electrons. The summed E-state index contributed by atoms with van der Waals surface area (Å²) >= 11 is 0. The lowest BCUT2D eigenvalue weighted by atomic mass is 9.93. The molecule has 3 rings (SSSR count). The fourth-order valence-corrected chi connectivity index (χ4v) is 2.95. The highest BCUT2D eigenvalue weighted by molar-refractivity contribution is 6.02. The van der Waals surface area contributed by atoms with Gasteiger partial charge in [0.05, 0.1) is 0 Å². The lowest BCUT2D eigenvalue weighted by Gasteiger charge is -2.10. The van der Waals surface area contributed by atoms with Gasteiger partial charge in [0.15, 0.2) is 5.78 Å². The number of rotatable bonds is 2. The smallest absolute Gasteiger partial charge is 0.166 e. The van der Waals surface area contributed by atoms with E-state index in [1.54, 1.807) is 0 Å². The van der Waals surface area contributed by atoms with E-state index in [9.17, 15) is 4.79 Å².